The maximum absolute atomic E-state index is 14.5. The minimum absolute atomic E-state index is 0.303. The molecule has 10 nitrogen and oxygen atoms in total. The molecule has 2 aromatic heterocycles. The number of aliphatic imine (C=N–C) groups is 1. The Labute approximate surface area is 225 Å². The number of ether oxygens (including phenoxy) is 2. The fourth-order valence-electron chi connectivity index (χ4n) is 4.44. The second-order valence-electron chi connectivity index (χ2n) is 8.99. The average Bonchev–Trinajstić information content (AvgIpc) is 3.48. The first-order chi connectivity index (χ1) is 19.1. The Morgan fingerprint density at radius 1 is 0.949 bits per heavy atom. The molecule has 0 saturated carbocycles. The van der Waals surface area contributed by atoms with Gasteiger partial charge in [-0.3, -0.25) is 10.4 Å². The summed E-state index contributed by atoms with van der Waals surface area (Å²) in [7, 11) is 1.59. The molecule has 6 rings (SSSR count). The molecule has 0 spiro atoms. The molecule has 2 aliphatic rings. The van der Waals surface area contributed by atoms with Crippen LogP contribution in [0.15, 0.2) is 77.9 Å². The van der Waals surface area contributed by atoms with E-state index in [1.165, 1.54) is 6.07 Å². The number of nitrogens with zero attached hydrogens (tertiary/aromatic N) is 6. The number of pyridine rings is 1. The van der Waals surface area contributed by atoms with Crippen molar-refractivity contribution in [2.75, 3.05) is 55.3 Å². The summed E-state index contributed by atoms with van der Waals surface area (Å²) in [5.41, 5.74) is 7.90. The number of amidine groups is 1. The lowest BCUT2D eigenvalue weighted by molar-refractivity contribution is 0.122. The molecule has 0 amide bonds. The summed E-state index contributed by atoms with van der Waals surface area (Å²) in [6.45, 7) is 3.18. The van der Waals surface area contributed by atoms with Gasteiger partial charge >= 0.3 is 0 Å². The van der Waals surface area contributed by atoms with Gasteiger partial charge in [-0.05, 0) is 54.6 Å². The van der Waals surface area contributed by atoms with Crippen LogP contribution in [0.1, 0.15) is 5.69 Å². The van der Waals surface area contributed by atoms with Crippen molar-refractivity contribution < 1.29 is 13.9 Å². The predicted octanol–water partition coefficient (Wildman–Crippen LogP) is 4.00. The SMILES string of the molecule is COc1cccc(C2=NCN(c3ccc(Nc4nccc(-c5cc(F)cc(N6CCOCC6)c5)n4)cc3)N2)n1. The van der Waals surface area contributed by atoms with Gasteiger partial charge in [0.2, 0.25) is 11.8 Å². The first-order valence-corrected chi connectivity index (χ1v) is 12.6. The lowest BCUT2D eigenvalue weighted by Crippen LogP contribution is -2.36. The number of hydrogen-bond acceptors (Lipinski definition) is 10. The number of nitrogens with one attached hydrogen (secondary N) is 2. The van der Waals surface area contributed by atoms with Crippen LogP contribution in [0.5, 0.6) is 5.88 Å². The minimum atomic E-state index is -0.303. The topological polar surface area (TPSA) is 100 Å². The number of hydrogen-bond donors (Lipinski definition) is 2. The van der Waals surface area contributed by atoms with Gasteiger partial charge in [0.15, 0.2) is 5.84 Å². The smallest absolute Gasteiger partial charge is 0.227 e. The molecule has 0 aliphatic carbocycles. The fraction of sp³-hybridized carbons (Fsp3) is 0.214. The average molecular weight is 527 g/mol. The van der Waals surface area contributed by atoms with E-state index in [4.69, 9.17) is 9.47 Å². The number of halogens is 1. The van der Waals surface area contributed by atoms with Gasteiger partial charge in [0, 0.05) is 42.3 Å². The van der Waals surface area contributed by atoms with Gasteiger partial charge in [0.05, 0.1) is 31.7 Å². The van der Waals surface area contributed by atoms with Gasteiger partial charge in [-0.1, -0.05) is 6.07 Å². The van der Waals surface area contributed by atoms with E-state index >= 15 is 0 Å². The third-order valence-electron chi connectivity index (χ3n) is 6.43. The summed E-state index contributed by atoms with van der Waals surface area (Å²) in [6.07, 6.45) is 1.66. The van der Waals surface area contributed by atoms with Gasteiger partial charge in [-0.2, -0.15) is 0 Å². The van der Waals surface area contributed by atoms with Gasteiger partial charge in [0.25, 0.3) is 0 Å². The molecule has 2 aromatic carbocycles. The van der Waals surface area contributed by atoms with E-state index in [2.05, 4.69) is 35.6 Å². The zero-order chi connectivity index (χ0) is 26.6. The normalized spacial score (nSPS) is 15.1. The van der Waals surface area contributed by atoms with E-state index in [1.54, 1.807) is 31.5 Å². The van der Waals surface area contributed by atoms with Crippen LogP contribution in [0.25, 0.3) is 11.3 Å². The minimum Gasteiger partial charge on any atom is -0.481 e. The number of benzene rings is 2. The lowest BCUT2D eigenvalue weighted by atomic mass is 10.1. The standard InChI is InChI=1S/C28H27FN8O2/c1-38-26-4-2-3-25(33-26)27-31-18-37(35-27)22-7-5-21(6-8-22)32-28-30-10-9-24(34-28)19-15-20(29)17-23(16-19)36-11-13-39-14-12-36/h2-10,15-17H,11-14,18H2,1H3,(H,31,35)(H,30,32,34). The molecule has 1 fully saturated rings. The van der Waals surface area contributed by atoms with E-state index in [0.29, 0.717) is 54.5 Å². The lowest BCUT2D eigenvalue weighted by Gasteiger charge is -2.29. The van der Waals surface area contributed by atoms with Crippen LogP contribution >= 0.6 is 0 Å². The molecular formula is C28H27FN8O2. The monoisotopic (exact) mass is 526 g/mol. The van der Waals surface area contributed by atoms with E-state index in [1.807, 2.05) is 47.5 Å². The quantitative estimate of drug-likeness (QED) is 0.370. The van der Waals surface area contributed by atoms with Crippen LogP contribution in [0.3, 0.4) is 0 Å². The predicted molar refractivity (Wildman–Crippen MR) is 148 cm³/mol. The van der Waals surface area contributed by atoms with Crippen molar-refractivity contribution in [3.05, 3.63) is 84.4 Å². The molecule has 11 heteroatoms. The first-order valence-electron chi connectivity index (χ1n) is 12.6. The Morgan fingerprint density at radius 3 is 2.62 bits per heavy atom. The molecule has 0 atom stereocenters. The second kappa shape index (κ2) is 10.9. The van der Waals surface area contributed by atoms with E-state index in [9.17, 15) is 4.39 Å². The molecule has 0 unspecified atom stereocenters. The Kier molecular flexibility index (Phi) is 6.88. The highest BCUT2D eigenvalue weighted by Gasteiger charge is 2.18. The number of aromatic nitrogens is 3. The van der Waals surface area contributed by atoms with Crippen LogP contribution in [0.4, 0.5) is 27.4 Å². The van der Waals surface area contributed by atoms with Gasteiger partial charge in [-0.15, -0.1) is 0 Å². The number of rotatable bonds is 7. The number of anilines is 4. The van der Waals surface area contributed by atoms with Crippen LogP contribution in [0.2, 0.25) is 0 Å². The first kappa shape index (κ1) is 24.6. The number of methoxy groups -OCH3 is 1. The van der Waals surface area contributed by atoms with Gasteiger partial charge in [0.1, 0.15) is 18.2 Å². The van der Waals surface area contributed by atoms with Crippen molar-refractivity contribution in [2.45, 2.75) is 0 Å². The van der Waals surface area contributed by atoms with Crippen molar-refractivity contribution in [3.63, 3.8) is 0 Å². The van der Waals surface area contributed by atoms with E-state index < -0.39 is 0 Å². The molecule has 4 heterocycles. The Hall–Kier alpha value is -4.77. The van der Waals surface area contributed by atoms with Crippen LogP contribution in [-0.4, -0.2) is 60.9 Å². The molecule has 198 valence electrons. The van der Waals surface area contributed by atoms with Crippen molar-refractivity contribution in [1.29, 1.82) is 0 Å². The zero-order valence-corrected chi connectivity index (χ0v) is 21.3. The van der Waals surface area contributed by atoms with E-state index in [0.717, 1.165) is 30.2 Å². The molecule has 0 bridgehead atoms. The van der Waals surface area contributed by atoms with Crippen molar-refractivity contribution in [3.8, 4) is 17.1 Å². The summed E-state index contributed by atoms with van der Waals surface area (Å²) in [5.74, 6) is 1.33. The Balaban J connectivity index is 1.13. The molecule has 2 N–H and O–H groups in total. The molecule has 2 aliphatic heterocycles. The summed E-state index contributed by atoms with van der Waals surface area (Å²) in [5, 5.41) is 5.16. The van der Waals surface area contributed by atoms with Gasteiger partial charge < -0.3 is 19.7 Å². The van der Waals surface area contributed by atoms with Crippen molar-refractivity contribution in [1.82, 2.24) is 20.4 Å². The Morgan fingerprint density at radius 2 is 1.79 bits per heavy atom. The van der Waals surface area contributed by atoms with Crippen LogP contribution in [0, 0.1) is 5.82 Å². The number of hydrazine groups is 1. The third kappa shape index (κ3) is 5.58. The molecule has 39 heavy (non-hydrogen) atoms. The summed E-state index contributed by atoms with van der Waals surface area (Å²) >= 11 is 0. The highest BCUT2D eigenvalue weighted by Crippen LogP contribution is 2.27. The van der Waals surface area contributed by atoms with E-state index in [-0.39, 0.29) is 5.82 Å². The van der Waals surface area contributed by atoms with Crippen LogP contribution in [-0.2, 0) is 4.74 Å². The molecular weight excluding hydrogens is 499 g/mol. The third-order valence-corrected chi connectivity index (χ3v) is 6.43. The molecule has 0 radical (unpaired) electrons. The second-order valence-corrected chi connectivity index (χ2v) is 8.99. The maximum Gasteiger partial charge on any atom is 0.227 e. The summed E-state index contributed by atoms with van der Waals surface area (Å²) < 4.78 is 25.1. The molecule has 4 aromatic rings. The van der Waals surface area contributed by atoms with Gasteiger partial charge in [-0.25, -0.2) is 24.3 Å². The highest BCUT2D eigenvalue weighted by atomic mass is 19.1. The van der Waals surface area contributed by atoms with Crippen LogP contribution < -0.4 is 25.4 Å². The maximum atomic E-state index is 14.5. The zero-order valence-electron chi connectivity index (χ0n) is 21.3. The summed E-state index contributed by atoms with van der Waals surface area (Å²) in [6, 6.07) is 20.1. The largest absolute Gasteiger partial charge is 0.481 e. The summed E-state index contributed by atoms with van der Waals surface area (Å²) in [4.78, 5) is 20.1. The highest BCUT2D eigenvalue weighted by molar-refractivity contribution is 5.99. The molecule has 1 saturated heterocycles. The fourth-order valence-corrected chi connectivity index (χ4v) is 4.44. The van der Waals surface area contributed by atoms with Crippen molar-refractivity contribution >= 4 is 28.8 Å². The van der Waals surface area contributed by atoms with Crippen molar-refractivity contribution in [2.24, 2.45) is 4.99 Å². The number of morpholine rings is 1. The Bertz CT molecular complexity index is 1490.